The Labute approximate surface area is 212 Å². The van der Waals surface area contributed by atoms with Crippen molar-refractivity contribution in [3.63, 3.8) is 0 Å². The van der Waals surface area contributed by atoms with Crippen molar-refractivity contribution >= 4 is 32.7 Å². The van der Waals surface area contributed by atoms with Crippen molar-refractivity contribution in [1.29, 1.82) is 0 Å². The van der Waals surface area contributed by atoms with E-state index in [1.54, 1.807) is 25.5 Å². The highest BCUT2D eigenvalue weighted by molar-refractivity contribution is 7.22. The average Bonchev–Trinajstić information content (AvgIpc) is 3.25. The lowest BCUT2D eigenvalue weighted by Crippen LogP contribution is -2.49. The van der Waals surface area contributed by atoms with Crippen LogP contribution in [0, 0.1) is 0 Å². The minimum Gasteiger partial charge on any atom is -0.390 e. The predicted molar refractivity (Wildman–Crippen MR) is 138 cm³/mol. The molecule has 11 heteroatoms. The molecule has 0 saturated carbocycles. The summed E-state index contributed by atoms with van der Waals surface area (Å²) in [4.78, 5) is 32.1. The van der Waals surface area contributed by atoms with Crippen LogP contribution in [-0.2, 0) is 6.54 Å². The number of aromatic nitrogens is 4. The molecule has 0 spiro atoms. The van der Waals surface area contributed by atoms with Crippen LogP contribution in [0.15, 0.2) is 42.9 Å². The molecule has 4 N–H and O–H groups in total. The molecule has 4 heterocycles. The van der Waals surface area contributed by atoms with Crippen LogP contribution < -0.4 is 10.6 Å². The molecule has 186 valence electrons. The number of amides is 2. The minimum atomic E-state index is -0.752. The van der Waals surface area contributed by atoms with E-state index in [-0.39, 0.29) is 12.1 Å². The van der Waals surface area contributed by atoms with Gasteiger partial charge in [0.05, 0.1) is 22.0 Å². The Morgan fingerprint density at radius 2 is 1.97 bits per heavy atom. The molecule has 1 unspecified atom stereocenters. The lowest BCUT2D eigenvalue weighted by Gasteiger charge is -2.35. The summed E-state index contributed by atoms with van der Waals surface area (Å²) in [6.07, 6.45) is 4.14. The molecule has 1 saturated heterocycles. The third kappa shape index (κ3) is 5.19. The number of β-amino-alcohol motifs (C(OH)–C–C–N with tert-alkyl or cyclic N) is 1. The number of likely N-dealkylation sites (tertiary alicyclic amines) is 1. The highest BCUT2D eigenvalue weighted by Crippen LogP contribution is 2.38. The summed E-state index contributed by atoms with van der Waals surface area (Å²) in [5.41, 5.74) is 5.11. The maximum absolute atomic E-state index is 12.1. The highest BCUT2D eigenvalue weighted by Gasteiger charge is 2.24. The van der Waals surface area contributed by atoms with Crippen molar-refractivity contribution < 1.29 is 15.0 Å². The maximum atomic E-state index is 12.1. The number of aliphatic hydroxyl groups excluding tert-OH is 2. The summed E-state index contributed by atoms with van der Waals surface area (Å²) in [6, 6.07) is 7.68. The second-order valence-corrected chi connectivity index (χ2v) is 9.78. The molecule has 1 aliphatic rings. The van der Waals surface area contributed by atoms with Gasteiger partial charge in [0, 0.05) is 55.9 Å². The smallest absolute Gasteiger partial charge is 0.321 e. The van der Waals surface area contributed by atoms with E-state index in [0.717, 1.165) is 44.7 Å². The monoisotopic (exact) mass is 505 g/mol. The Bertz CT molecular complexity index is 1380. The van der Waals surface area contributed by atoms with E-state index >= 15 is 0 Å². The normalized spacial score (nSPS) is 15.0. The molecule has 36 heavy (non-hydrogen) atoms. The van der Waals surface area contributed by atoms with E-state index in [0.29, 0.717) is 30.6 Å². The third-order valence-electron chi connectivity index (χ3n) is 5.87. The molecule has 0 aliphatic carbocycles. The molecule has 0 bridgehead atoms. The summed E-state index contributed by atoms with van der Waals surface area (Å²) in [5.74, 6) is 0.354. The SMILES string of the molecule is CCNC(=O)Nc1nc2cc(-c3cnc(C(C)O)nc3)cc(-c3cc(CN4CC(O)C4)ccn3)c2s1. The third-order valence-corrected chi connectivity index (χ3v) is 6.89. The van der Waals surface area contributed by atoms with Crippen molar-refractivity contribution in [2.45, 2.75) is 32.6 Å². The summed E-state index contributed by atoms with van der Waals surface area (Å²) in [6.45, 7) is 6.06. The first-order chi connectivity index (χ1) is 17.4. The standard InChI is InChI=1S/C25H27N7O3S/c1-3-26-24(35)31-25-30-21-8-16(17-9-28-23(14(2)33)29-10-17)7-19(22(21)36-25)20-6-15(4-5-27-20)11-32-12-18(34)13-32/h4-10,14,18,33-34H,3,11-13H2,1-2H3,(H2,26,30,31,35). The Morgan fingerprint density at radius 1 is 1.19 bits per heavy atom. The summed E-state index contributed by atoms with van der Waals surface area (Å²) >= 11 is 1.39. The molecular formula is C25H27N7O3S. The first-order valence-corrected chi connectivity index (χ1v) is 12.6. The molecule has 1 aromatic carbocycles. The molecule has 4 aromatic rings. The summed E-state index contributed by atoms with van der Waals surface area (Å²) in [7, 11) is 0. The Balaban J connectivity index is 1.56. The van der Waals surface area contributed by atoms with Crippen LogP contribution in [-0.4, -0.2) is 66.8 Å². The molecule has 5 rings (SSSR count). The van der Waals surface area contributed by atoms with Gasteiger partial charge in [-0.15, -0.1) is 0 Å². The van der Waals surface area contributed by atoms with Gasteiger partial charge in [-0.3, -0.25) is 15.2 Å². The van der Waals surface area contributed by atoms with E-state index < -0.39 is 6.10 Å². The van der Waals surface area contributed by atoms with Crippen LogP contribution in [0.2, 0.25) is 0 Å². The minimum absolute atomic E-state index is 0.252. The number of nitrogens with one attached hydrogen (secondary N) is 2. The van der Waals surface area contributed by atoms with Crippen LogP contribution >= 0.6 is 11.3 Å². The van der Waals surface area contributed by atoms with Gasteiger partial charge in [-0.05, 0) is 49.2 Å². The summed E-state index contributed by atoms with van der Waals surface area (Å²) < 4.78 is 0.899. The molecule has 10 nitrogen and oxygen atoms in total. The van der Waals surface area contributed by atoms with Crippen molar-refractivity contribution in [1.82, 2.24) is 30.2 Å². The van der Waals surface area contributed by atoms with Gasteiger partial charge in [0.15, 0.2) is 11.0 Å². The number of anilines is 1. The van der Waals surface area contributed by atoms with Crippen molar-refractivity contribution in [2.24, 2.45) is 0 Å². The molecule has 2 amide bonds. The van der Waals surface area contributed by atoms with Crippen molar-refractivity contribution in [2.75, 3.05) is 25.0 Å². The van der Waals surface area contributed by atoms with Gasteiger partial charge in [-0.1, -0.05) is 11.3 Å². The Morgan fingerprint density at radius 3 is 2.67 bits per heavy atom. The van der Waals surface area contributed by atoms with Crippen molar-refractivity contribution in [3.8, 4) is 22.4 Å². The van der Waals surface area contributed by atoms with E-state index in [1.807, 2.05) is 31.2 Å². The number of pyridine rings is 1. The lowest BCUT2D eigenvalue weighted by molar-refractivity contribution is -0.00286. The number of urea groups is 1. The van der Waals surface area contributed by atoms with Crippen LogP contribution in [0.4, 0.5) is 9.93 Å². The van der Waals surface area contributed by atoms with Gasteiger partial charge >= 0.3 is 6.03 Å². The number of carbonyl (C=O) groups is 1. The van der Waals surface area contributed by atoms with Crippen LogP contribution in [0.5, 0.6) is 0 Å². The van der Waals surface area contributed by atoms with Gasteiger partial charge in [0.25, 0.3) is 0 Å². The zero-order valence-electron chi connectivity index (χ0n) is 20.0. The van der Waals surface area contributed by atoms with Gasteiger partial charge in [-0.2, -0.15) is 0 Å². The number of nitrogens with zero attached hydrogens (tertiary/aromatic N) is 5. The molecule has 1 fully saturated rings. The Hall–Kier alpha value is -3.51. The number of hydrogen-bond donors (Lipinski definition) is 4. The van der Waals surface area contributed by atoms with Crippen LogP contribution in [0.3, 0.4) is 0 Å². The van der Waals surface area contributed by atoms with E-state index in [4.69, 9.17) is 0 Å². The number of carbonyl (C=O) groups excluding carboxylic acids is 1. The fourth-order valence-electron chi connectivity index (χ4n) is 4.10. The number of hydrogen-bond acceptors (Lipinski definition) is 9. The number of rotatable bonds is 7. The number of benzene rings is 1. The fourth-order valence-corrected chi connectivity index (χ4v) is 5.06. The van der Waals surface area contributed by atoms with Gasteiger partial charge in [0.1, 0.15) is 6.10 Å². The van der Waals surface area contributed by atoms with Crippen LogP contribution in [0.25, 0.3) is 32.6 Å². The lowest BCUT2D eigenvalue weighted by atomic mass is 10.0. The van der Waals surface area contributed by atoms with E-state index in [9.17, 15) is 15.0 Å². The topological polar surface area (TPSA) is 136 Å². The van der Waals surface area contributed by atoms with Gasteiger partial charge < -0.3 is 15.5 Å². The Kier molecular flexibility index (Phi) is 6.88. The molecule has 1 atom stereocenters. The highest BCUT2D eigenvalue weighted by atomic mass is 32.1. The first kappa shape index (κ1) is 24.2. The van der Waals surface area contributed by atoms with Crippen LogP contribution in [0.1, 0.15) is 31.3 Å². The number of aliphatic hydroxyl groups is 2. The molecule has 0 radical (unpaired) electrons. The quantitative estimate of drug-likeness (QED) is 0.301. The average molecular weight is 506 g/mol. The maximum Gasteiger partial charge on any atom is 0.321 e. The second-order valence-electron chi connectivity index (χ2n) is 8.78. The predicted octanol–water partition coefficient (Wildman–Crippen LogP) is 3.19. The number of fused-ring (bicyclic) bond motifs is 1. The van der Waals surface area contributed by atoms with Crippen molar-refractivity contribution in [3.05, 3.63) is 54.2 Å². The fraction of sp³-hybridized carbons (Fsp3) is 0.320. The molecule has 1 aliphatic heterocycles. The van der Waals surface area contributed by atoms with E-state index in [1.165, 1.54) is 11.3 Å². The van der Waals surface area contributed by atoms with Gasteiger partial charge in [-0.25, -0.2) is 19.7 Å². The molecule has 3 aromatic heterocycles. The zero-order chi connectivity index (χ0) is 25.2. The second kappa shape index (κ2) is 10.2. The largest absolute Gasteiger partial charge is 0.390 e. The number of thiazole rings is 1. The zero-order valence-corrected chi connectivity index (χ0v) is 20.8. The van der Waals surface area contributed by atoms with E-state index in [2.05, 4.69) is 35.5 Å². The summed E-state index contributed by atoms with van der Waals surface area (Å²) in [5, 5.41) is 25.4. The molecular weight excluding hydrogens is 478 g/mol. The van der Waals surface area contributed by atoms with Gasteiger partial charge in [0.2, 0.25) is 0 Å². The first-order valence-electron chi connectivity index (χ1n) is 11.7.